The molecule has 0 unspecified atom stereocenters. The Bertz CT molecular complexity index is 1310. The molecule has 0 radical (unpaired) electrons. The van der Waals surface area contributed by atoms with Gasteiger partial charge in [0, 0.05) is 17.8 Å². The van der Waals surface area contributed by atoms with Gasteiger partial charge in [-0.3, -0.25) is 4.79 Å². The number of aryl methyl sites for hydroxylation is 1. The molecule has 1 aliphatic heterocycles. The van der Waals surface area contributed by atoms with Crippen LogP contribution in [0.15, 0.2) is 70.4 Å². The highest BCUT2D eigenvalue weighted by Gasteiger charge is 2.38. The highest BCUT2D eigenvalue weighted by atomic mass is 32.2. The number of benzene rings is 2. The first-order chi connectivity index (χ1) is 15.3. The Morgan fingerprint density at radius 3 is 2.09 bits per heavy atom. The van der Waals surface area contributed by atoms with Gasteiger partial charge in [0.25, 0.3) is 5.56 Å². The van der Waals surface area contributed by atoms with Gasteiger partial charge in [-0.05, 0) is 61.2 Å². The molecular weight excluding hydrogens is 431 g/mol. The molecule has 0 spiro atoms. The molecule has 0 bridgehead atoms. The first-order valence-electron chi connectivity index (χ1n) is 10.6. The molecule has 0 amide bonds. The van der Waals surface area contributed by atoms with Crippen LogP contribution >= 0.6 is 0 Å². The fourth-order valence-electron chi connectivity index (χ4n) is 4.03. The molecular formula is C24H23FN2O4S. The maximum Gasteiger partial charge on any atom is 0.254 e. The third-order valence-electron chi connectivity index (χ3n) is 5.93. The van der Waals surface area contributed by atoms with Crippen molar-refractivity contribution < 1.29 is 17.5 Å². The summed E-state index contributed by atoms with van der Waals surface area (Å²) >= 11 is 0. The van der Waals surface area contributed by atoms with Crippen molar-refractivity contribution >= 4 is 10.0 Å². The topological polar surface area (TPSA) is 68.6 Å². The Hall–Kier alpha value is -2.97. The van der Waals surface area contributed by atoms with Crippen LogP contribution in [0.5, 0.6) is 5.75 Å². The number of ether oxygens (including phenoxy) is 1. The van der Waals surface area contributed by atoms with Gasteiger partial charge < -0.3 is 9.30 Å². The molecule has 1 saturated carbocycles. The second-order valence-corrected chi connectivity index (χ2v) is 10.3. The molecule has 6 nitrogen and oxygen atoms in total. The molecule has 2 heterocycles. The van der Waals surface area contributed by atoms with Crippen LogP contribution in [0.1, 0.15) is 24.6 Å². The van der Waals surface area contributed by atoms with Gasteiger partial charge in [-0.1, -0.05) is 24.3 Å². The molecule has 0 N–H and O–H groups in total. The standard InChI is InChI=1S/C24H23FN2O4S/c1-16-12-21(13-24(28)27(16)20-8-9-20)31-22-14-26(15-22)32(29,30)23-10-4-18(5-11-23)17-2-6-19(25)7-3-17/h2-7,10-13,20,22H,8-9,14-15H2,1H3. The van der Waals surface area contributed by atoms with E-state index in [0.29, 0.717) is 11.8 Å². The molecule has 1 aliphatic carbocycles. The lowest BCUT2D eigenvalue weighted by Crippen LogP contribution is -2.56. The number of pyridine rings is 1. The molecule has 3 aromatic rings. The molecule has 2 aliphatic rings. The van der Waals surface area contributed by atoms with Crippen LogP contribution in [0.2, 0.25) is 0 Å². The van der Waals surface area contributed by atoms with Crippen molar-refractivity contribution in [3.8, 4) is 16.9 Å². The van der Waals surface area contributed by atoms with Crippen LogP contribution < -0.4 is 10.3 Å². The van der Waals surface area contributed by atoms with Gasteiger partial charge >= 0.3 is 0 Å². The van der Waals surface area contributed by atoms with E-state index < -0.39 is 10.0 Å². The van der Waals surface area contributed by atoms with Crippen LogP contribution in [0.4, 0.5) is 4.39 Å². The second-order valence-electron chi connectivity index (χ2n) is 8.36. The minimum Gasteiger partial charge on any atom is -0.487 e. The van der Waals surface area contributed by atoms with Crippen molar-refractivity contribution in [3.05, 3.63) is 82.5 Å². The highest BCUT2D eigenvalue weighted by Crippen LogP contribution is 2.35. The Morgan fingerprint density at radius 2 is 1.53 bits per heavy atom. The lowest BCUT2D eigenvalue weighted by atomic mass is 10.1. The quantitative estimate of drug-likeness (QED) is 0.569. The summed E-state index contributed by atoms with van der Waals surface area (Å²) in [5, 5.41) is 0. The summed E-state index contributed by atoms with van der Waals surface area (Å²) in [7, 11) is -3.63. The van der Waals surface area contributed by atoms with Gasteiger partial charge in [-0.15, -0.1) is 0 Å². The second kappa shape index (κ2) is 7.86. The van der Waals surface area contributed by atoms with Crippen molar-refractivity contribution in [2.75, 3.05) is 13.1 Å². The van der Waals surface area contributed by atoms with Gasteiger partial charge in [0.15, 0.2) is 0 Å². The first kappa shape index (κ1) is 20.9. The number of halogens is 1. The van der Waals surface area contributed by atoms with E-state index in [1.54, 1.807) is 41.0 Å². The summed E-state index contributed by atoms with van der Waals surface area (Å²) in [5.41, 5.74) is 2.41. The van der Waals surface area contributed by atoms with Crippen LogP contribution in [-0.2, 0) is 10.0 Å². The lowest BCUT2D eigenvalue weighted by Gasteiger charge is -2.37. The molecule has 5 rings (SSSR count). The zero-order valence-electron chi connectivity index (χ0n) is 17.6. The molecule has 1 aromatic heterocycles. The summed E-state index contributed by atoms with van der Waals surface area (Å²) < 4.78 is 47.9. The van der Waals surface area contributed by atoms with Gasteiger partial charge in [-0.25, -0.2) is 12.8 Å². The molecule has 166 valence electrons. The molecule has 2 aromatic carbocycles. The van der Waals surface area contributed by atoms with Gasteiger partial charge in [0.05, 0.1) is 18.0 Å². The van der Waals surface area contributed by atoms with E-state index in [1.165, 1.54) is 22.5 Å². The summed E-state index contributed by atoms with van der Waals surface area (Å²) in [4.78, 5) is 12.5. The van der Waals surface area contributed by atoms with Crippen LogP contribution in [0.25, 0.3) is 11.1 Å². The van der Waals surface area contributed by atoms with Crippen molar-refractivity contribution in [1.29, 1.82) is 0 Å². The fraction of sp³-hybridized carbons (Fsp3) is 0.292. The van der Waals surface area contributed by atoms with E-state index in [0.717, 1.165) is 29.7 Å². The average Bonchev–Trinajstić information content (AvgIpc) is 3.55. The van der Waals surface area contributed by atoms with Gasteiger partial charge in [0.2, 0.25) is 10.0 Å². The maximum atomic E-state index is 13.1. The van der Waals surface area contributed by atoms with Gasteiger partial charge in [0.1, 0.15) is 17.7 Å². The lowest BCUT2D eigenvalue weighted by molar-refractivity contribution is 0.0758. The van der Waals surface area contributed by atoms with Crippen molar-refractivity contribution in [1.82, 2.24) is 8.87 Å². The Balaban J connectivity index is 1.24. The van der Waals surface area contributed by atoms with E-state index in [-0.39, 0.29) is 35.5 Å². The van der Waals surface area contributed by atoms with Crippen molar-refractivity contribution in [2.45, 2.75) is 36.8 Å². The molecule has 2 fully saturated rings. The molecule has 1 saturated heterocycles. The minimum absolute atomic E-state index is 0.0763. The average molecular weight is 455 g/mol. The number of aromatic nitrogens is 1. The van der Waals surface area contributed by atoms with Gasteiger partial charge in [-0.2, -0.15) is 4.31 Å². The number of sulfonamides is 1. The Kier molecular flexibility index (Phi) is 5.14. The van der Waals surface area contributed by atoms with Crippen LogP contribution in [-0.4, -0.2) is 36.5 Å². The van der Waals surface area contributed by atoms with E-state index in [4.69, 9.17) is 4.74 Å². The van der Waals surface area contributed by atoms with E-state index in [2.05, 4.69) is 0 Å². The highest BCUT2D eigenvalue weighted by molar-refractivity contribution is 7.89. The fourth-order valence-corrected chi connectivity index (χ4v) is 5.53. The van der Waals surface area contributed by atoms with Crippen LogP contribution in [0.3, 0.4) is 0 Å². The Labute approximate surface area is 185 Å². The van der Waals surface area contributed by atoms with Crippen molar-refractivity contribution in [2.24, 2.45) is 0 Å². The number of hydrogen-bond acceptors (Lipinski definition) is 4. The normalized spacial score (nSPS) is 17.2. The van der Waals surface area contributed by atoms with E-state index in [9.17, 15) is 17.6 Å². The predicted molar refractivity (Wildman–Crippen MR) is 119 cm³/mol. The van der Waals surface area contributed by atoms with Crippen molar-refractivity contribution in [3.63, 3.8) is 0 Å². The number of hydrogen-bond donors (Lipinski definition) is 0. The number of rotatable bonds is 6. The third kappa shape index (κ3) is 3.96. The molecule has 8 heteroatoms. The van der Waals surface area contributed by atoms with E-state index in [1.807, 2.05) is 13.0 Å². The monoisotopic (exact) mass is 454 g/mol. The first-order valence-corrected chi connectivity index (χ1v) is 12.0. The largest absolute Gasteiger partial charge is 0.487 e. The minimum atomic E-state index is -3.63. The SMILES string of the molecule is Cc1cc(OC2CN(S(=O)(=O)c3ccc(-c4ccc(F)cc4)cc3)C2)cc(=O)n1C1CC1. The molecule has 32 heavy (non-hydrogen) atoms. The summed E-state index contributed by atoms with van der Waals surface area (Å²) in [6, 6.07) is 16.2. The Morgan fingerprint density at radius 1 is 0.938 bits per heavy atom. The number of nitrogens with zero attached hydrogens (tertiary/aromatic N) is 2. The summed E-state index contributed by atoms with van der Waals surface area (Å²) in [6.45, 7) is 2.35. The molecule has 0 atom stereocenters. The van der Waals surface area contributed by atoms with Crippen LogP contribution in [0, 0.1) is 12.7 Å². The zero-order chi connectivity index (χ0) is 22.5. The smallest absolute Gasteiger partial charge is 0.254 e. The third-order valence-corrected chi connectivity index (χ3v) is 7.78. The summed E-state index contributed by atoms with van der Waals surface area (Å²) in [5.74, 6) is 0.164. The predicted octanol–water partition coefficient (Wildman–Crippen LogP) is 3.75. The zero-order valence-corrected chi connectivity index (χ0v) is 18.4. The van der Waals surface area contributed by atoms with E-state index >= 15 is 0 Å². The summed E-state index contributed by atoms with van der Waals surface area (Å²) in [6.07, 6.45) is 1.77. The maximum absolute atomic E-state index is 13.1.